The van der Waals surface area contributed by atoms with E-state index in [4.69, 9.17) is 0 Å². The standard InChI is InChI=1S/C18H28N4O/c1-4-13(2)9-21-10-16(15-5-6-15)17(11-21)20-18(23)12-22-8-7-19-14(22)3/h4,7-8,15-17H,5-6,9-12H2,1-3H3,(H,20,23)/b13-4+/t16-,17+/m0/s1. The maximum Gasteiger partial charge on any atom is 0.240 e. The smallest absolute Gasteiger partial charge is 0.240 e. The van der Waals surface area contributed by atoms with Crippen LogP contribution in [0.2, 0.25) is 0 Å². The quantitative estimate of drug-likeness (QED) is 0.817. The summed E-state index contributed by atoms with van der Waals surface area (Å²) in [6.07, 6.45) is 8.44. The molecule has 0 unspecified atom stereocenters. The summed E-state index contributed by atoms with van der Waals surface area (Å²) in [4.78, 5) is 19.1. The van der Waals surface area contributed by atoms with Crippen molar-refractivity contribution in [1.29, 1.82) is 0 Å². The normalized spacial score (nSPS) is 25.8. The maximum atomic E-state index is 12.4. The zero-order chi connectivity index (χ0) is 16.4. The topological polar surface area (TPSA) is 50.2 Å². The van der Waals surface area contributed by atoms with Gasteiger partial charge in [0.15, 0.2) is 0 Å². The van der Waals surface area contributed by atoms with Crippen LogP contribution in [0.15, 0.2) is 24.0 Å². The summed E-state index contributed by atoms with van der Waals surface area (Å²) in [5, 5.41) is 3.29. The van der Waals surface area contributed by atoms with E-state index in [9.17, 15) is 4.79 Å². The lowest BCUT2D eigenvalue weighted by Gasteiger charge is -2.20. The van der Waals surface area contributed by atoms with Gasteiger partial charge in [-0.2, -0.15) is 0 Å². The van der Waals surface area contributed by atoms with Crippen LogP contribution in [0.25, 0.3) is 0 Å². The van der Waals surface area contributed by atoms with Crippen molar-refractivity contribution in [2.75, 3.05) is 19.6 Å². The largest absolute Gasteiger partial charge is 0.350 e. The SMILES string of the molecule is C/C=C(\C)CN1C[C@@H](NC(=O)Cn2ccnc2C)[C@H](C2CC2)C1. The van der Waals surface area contributed by atoms with Crippen molar-refractivity contribution in [1.82, 2.24) is 19.8 Å². The van der Waals surface area contributed by atoms with Crippen LogP contribution in [-0.4, -0.2) is 46.0 Å². The molecule has 3 rings (SSSR count). The molecule has 0 spiro atoms. The molecule has 2 aliphatic rings. The van der Waals surface area contributed by atoms with Crippen LogP contribution in [0.1, 0.15) is 32.5 Å². The third kappa shape index (κ3) is 4.02. The monoisotopic (exact) mass is 316 g/mol. The van der Waals surface area contributed by atoms with E-state index in [0.717, 1.165) is 31.4 Å². The molecule has 126 valence electrons. The van der Waals surface area contributed by atoms with E-state index in [1.165, 1.54) is 18.4 Å². The Morgan fingerprint density at radius 1 is 1.39 bits per heavy atom. The number of likely N-dealkylation sites (tertiary alicyclic amines) is 1. The van der Waals surface area contributed by atoms with E-state index in [1.54, 1.807) is 6.20 Å². The van der Waals surface area contributed by atoms with Gasteiger partial charge in [-0.1, -0.05) is 11.6 Å². The summed E-state index contributed by atoms with van der Waals surface area (Å²) in [7, 11) is 0. The van der Waals surface area contributed by atoms with Crippen LogP contribution in [0.3, 0.4) is 0 Å². The van der Waals surface area contributed by atoms with Crippen LogP contribution < -0.4 is 5.32 Å². The lowest BCUT2D eigenvalue weighted by Crippen LogP contribution is -2.42. The van der Waals surface area contributed by atoms with Crippen molar-refractivity contribution in [2.24, 2.45) is 11.8 Å². The highest BCUT2D eigenvalue weighted by molar-refractivity contribution is 5.76. The van der Waals surface area contributed by atoms with Crippen molar-refractivity contribution in [3.8, 4) is 0 Å². The molecule has 1 amide bonds. The Morgan fingerprint density at radius 3 is 2.78 bits per heavy atom. The number of allylic oxidation sites excluding steroid dienone is 1. The molecule has 1 N–H and O–H groups in total. The second-order valence-electron chi connectivity index (χ2n) is 7.11. The highest BCUT2D eigenvalue weighted by atomic mass is 16.2. The van der Waals surface area contributed by atoms with Gasteiger partial charge in [0.1, 0.15) is 12.4 Å². The lowest BCUT2D eigenvalue weighted by atomic mass is 9.98. The first-order valence-corrected chi connectivity index (χ1v) is 8.68. The number of rotatable bonds is 6. The highest BCUT2D eigenvalue weighted by Crippen LogP contribution is 2.41. The third-order valence-corrected chi connectivity index (χ3v) is 5.22. The molecule has 2 atom stereocenters. The molecule has 5 heteroatoms. The molecule has 23 heavy (non-hydrogen) atoms. The fraction of sp³-hybridized carbons (Fsp3) is 0.667. The van der Waals surface area contributed by atoms with E-state index < -0.39 is 0 Å². The average molecular weight is 316 g/mol. The molecule has 1 aliphatic heterocycles. The van der Waals surface area contributed by atoms with Gasteiger partial charge in [-0.05, 0) is 45.4 Å². The molecule has 0 bridgehead atoms. The Labute approximate surface area is 138 Å². The molecule has 1 aromatic rings. The van der Waals surface area contributed by atoms with Crippen LogP contribution in [0.5, 0.6) is 0 Å². The summed E-state index contributed by atoms with van der Waals surface area (Å²) >= 11 is 0. The predicted molar refractivity (Wildman–Crippen MR) is 91.0 cm³/mol. The molecule has 1 aromatic heterocycles. The summed E-state index contributed by atoms with van der Waals surface area (Å²) in [5.74, 6) is 2.42. The van der Waals surface area contributed by atoms with Gasteiger partial charge in [0.05, 0.1) is 0 Å². The zero-order valence-electron chi connectivity index (χ0n) is 14.5. The number of amides is 1. The van der Waals surface area contributed by atoms with Crippen LogP contribution in [0.4, 0.5) is 0 Å². The number of carbonyl (C=O) groups is 1. The summed E-state index contributed by atoms with van der Waals surface area (Å²) in [6, 6.07) is 0.295. The van der Waals surface area contributed by atoms with Gasteiger partial charge in [0.2, 0.25) is 5.91 Å². The minimum Gasteiger partial charge on any atom is -0.350 e. The molecule has 1 aliphatic carbocycles. The average Bonchev–Trinajstić information content (AvgIpc) is 3.18. The number of aromatic nitrogens is 2. The summed E-state index contributed by atoms with van der Waals surface area (Å²) in [6.45, 7) is 9.68. The van der Waals surface area contributed by atoms with Crippen molar-refractivity contribution in [3.63, 3.8) is 0 Å². The molecule has 1 saturated carbocycles. The Morgan fingerprint density at radius 2 is 2.17 bits per heavy atom. The summed E-state index contributed by atoms with van der Waals surface area (Å²) < 4.78 is 1.90. The molecule has 0 radical (unpaired) electrons. The minimum absolute atomic E-state index is 0.103. The number of nitrogens with one attached hydrogen (secondary N) is 1. The Balaban J connectivity index is 1.58. The van der Waals surface area contributed by atoms with Gasteiger partial charge in [-0.3, -0.25) is 9.69 Å². The van der Waals surface area contributed by atoms with Crippen molar-refractivity contribution >= 4 is 5.91 Å². The molecule has 1 saturated heterocycles. The number of imidazole rings is 1. The second kappa shape index (κ2) is 6.87. The Hall–Kier alpha value is -1.62. The van der Waals surface area contributed by atoms with Crippen molar-refractivity contribution in [2.45, 2.75) is 46.2 Å². The van der Waals surface area contributed by atoms with E-state index in [0.29, 0.717) is 18.5 Å². The highest BCUT2D eigenvalue weighted by Gasteiger charge is 2.42. The number of carbonyl (C=O) groups excluding carboxylic acids is 1. The first kappa shape index (κ1) is 16.2. The van der Waals surface area contributed by atoms with Gasteiger partial charge in [0, 0.05) is 38.1 Å². The first-order chi connectivity index (χ1) is 11.1. The molecule has 2 fully saturated rings. The third-order valence-electron chi connectivity index (χ3n) is 5.22. The fourth-order valence-corrected chi connectivity index (χ4v) is 3.62. The van der Waals surface area contributed by atoms with Crippen LogP contribution in [0, 0.1) is 18.8 Å². The van der Waals surface area contributed by atoms with Crippen molar-refractivity contribution < 1.29 is 4.79 Å². The predicted octanol–water partition coefficient (Wildman–Crippen LogP) is 1.98. The first-order valence-electron chi connectivity index (χ1n) is 8.68. The number of aryl methyl sites for hydroxylation is 1. The number of hydrogen-bond donors (Lipinski definition) is 1. The molecule has 2 heterocycles. The number of nitrogens with zero attached hydrogens (tertiary/aromatic N) is 3. The van der Waals surface area contributed by atoms with Gasteiger partial charge in [-0.15, -0.1) is 0 Å². The van der Waals surface area contributed by atoms with Crippen molar-refractivity contribution in [3.05, 3.63) is 29.9 Å². The van der Waals surface area contributed by atoms with Crippen LogP contribution >= 0.6 is 0 Å². The van der Waals surface area contributed by atoms with Gasteiger partial charge in [0.25, 0.3) is 0 Å². The molecular formula is C18H28N4O. The lowest BCUT2D eigenvalue weighted by molar-refractivity contribution is -0.122. The molecule has 0 aromatic carbocycles. The fourth-order valence-electron chi connectivity index (χ4n) is 3.62. The Kier molecular flexibility index (Phi) is 4.85. The molecule has 5 nitrogen and oxygen atoms in total. The minimum atomic E-state index is 0.103. The second-order valence-corrected chi connectivity index (χ2v) is 7.11. The molecular weight excluding hydrogens is 288 g/mol. The van der Waals surface area contributed by atoms with E-state index in [1.807, 2.05) is 17.7 Å². The van der Waals surface area contributed by atoms with E-state index >= 15 is 0 Å². The summed E-state index contributed by atoms with van der Waals surface area (Å²) in [5.41, 5.74) is 1.40. The van der Waals surface area contributed by atoms with Crippen LogP contribution in [-0.2, 0) is 11.3 Å². The van der Waals surface area contributed by atoms with Gasteiger partial charge in [-0.25, -0.2) is 4.98 Å². The maximum absolute atomic E-state index is 12.4. The zero-order valence-corrected chi connectivity index (χ0v) is 14.5. The number of hydrogen-bond acceptors (Lipinski definition) is 3. The Bertz CT molecular complexity index is 588. The van der Waals surface area contributed by atoms with E-state index in [-0.39, 0.29) is 5.91 Å². The van der Waals surface area contributed by atoms with Gasteiger partial charge >= 0.3 is 0 Å². The van der Waals surface area contributed by atoms with Gasteiger partial charge < -0.3 is 9.88 Å². The van der Waals surface area contributed by atoms with E-state index in [2.05, 4.69) is 35.1 Å².